The van der Waals surface area contributed by atoms with Gasteiger partial charge >= 0.3 is 0 Å². The van der Waals surface area contributed by atoms with E-state index in [4.69, 9.17) is 4.74 Å². The number of hydrogen-bond acceptors (Lipinski definition) is 3. The molecule has 0 spiro atoms. The van der Waals surface area contributed by atoms with Crippen molar-refractivity contribution in [2.75, 3.05) is 30.4 Å². The molecule has 1 fully saturated rings. The Labute approximate surface area is 121 Å². The van der Waals surface area contributed by atoms with Gasteiger partial charge in [-0.1, -0.05) is 20.8 Å². The van der Waals surface area contributed by atoms with Gasteiger partial charge in [0.05, 0.1) is 12.8 Å². The Morgan fingerprint density at radius 3 is 2.45 bits per heavy atom. The van der Waals surface area contributed by atoms with Crippen LogP contribution in [0.1, 0.15) is 33.6 Å². The zero-order chi connectivity index (χ0) is 14.8. The first-order chi connectivity index (χ1) is 9.41. The maximum atomic E-state index is 12.2. The molecule has 4 heteroatoms. The molecule has 1 aliphatic rings. The number of rotatable bonds is 3. The highest BCUT2D eigenvalue weighted by atomic mass is 16.5. The first kappa shape index (κ1) is 14.7. The van der Waals surface area contributed by atoms with E-state index in [1.165, 1.54) is 12.8 Å². The summed E-state index contributed by atoms with van der Waals surface area (Å²) in [6.45, 7) is 7.87. The van der Waals surface area contributed by atoms with E-state index < -0.39 is 5.41 Å². The van der Waals surface area contributed by atoms with Crippen LogP contribution >= 0.6 is 0 Å². The van der Waals surface area contributed by atoms with E-state index in [1.807, 2.05) is 32.9 Å². The van der Waals surface area contributed by atoms with Crippen molar-refractivity contribution in [1.29, 1.82) is 0 Å². The van der Waals surface area contributed by atoms with Gasteiger partial charge in [-0.25, -0.2) is 0 Å². The molecule has 0 atom stereocenters. The van der Waals surface area contributed by atoms with E-state index in [2.05, 4.69) is 16.3 Å². The molecule has 1 aromatic carbocycles. The highest BCUT2D eigenvalue weighted by Gasteiger charge is 2.23. The molecule has 4 nitrogen and oxygen atoms in total. The minimum Gasteiger partial charge on any atom is -0.495 e. The van der Waals surface area contributed by atoms with E-state index in [0.29, 0.717) is 5.75 Å². The minimum atomic E-state index is -0.422. The molecule has 0 saturated carbocycles. The summed E-state index contributed by atoms with van der Waals surface area (Å²) in [6.07, 6.45) is 2.46. The van der Waals surface area contributed by atoms with Gasteiger partial charge in [-0.05, 0) is 31.0 Å². The Morgan fingerprint density at radius 1 is 1.25 bits per heavy atom. The van der Waals surface area contributed by atoms with Gasteiger partial charge in [-0.3, -0.25) is 4.79 Å². The third-order valence-electron chi connectivity index (χ3n) is 3.58. The quantitative estimate of drug-likeness (QED) is 0.921. The van der Waals surface area contributed by atoms with E-state index in [9.17, 15) is 4.79 Å². The van der Waals surface area contributed by atoms with E-state index in [-0.39, 0.29) is 5.91 Å². The molecule has 1 saturated heterocycles. The smallest absolute Gasteiger partial charge is 0.229 e. The normalized spacial score (nSPS) is 15.3. The Kier molecular flexibility index (Phi) is 4.21. The van der Waals surface area contributed by atoms with Gasteiger partial charge in [0.2, 0.25) is 5.91 Å². The fourth-order valence-corrected chi connectivity index (χ4v) is 2.28. The van der Waals surface area contributed by atoms with Crippen LogP contribution in [0.5, 0.6) is 5.75 Å². The molecule has 0 bridgehead atoms. The second-order valence-corrected chi connectivity index (χ2v) is 6.28. The predicted octanol–water partition coefficient (Wildman–Crippen LogP) is 3.28. The maximum absolute atomic E-state index is 12.2. The lowest BCUT2D eigenvalue weighted by Gasteiger charge is -2.22. The number of carbonyl (C=O) groups is 1. The average Bonchev–Trinajstić information content (AvgIpc) is 2.91. The van der Waals surface area contributed by atoms with Gasteiger partial charge in [0.1, 0.15) is 5.75 Å². The van der Waals surface area contributed by atoms with Gasteiger partial charge in [-0.15, -0.1) is 0 Å². The molecular formula is C16H24N2O2. The molecule has 20 heavy (non-hydrogen) atoms. The third-order valence-corrected chi connectivity index (χ3v) is 3.58. The number of nitrogens with zero attached hydrogens (tertiary/aromatic N) is 1. The Morgan fingerprint density at radius 2 is 1.90 bits per heavy atom. The second kappa shape index (κ2) is 5.73. The summed E-state index contributed by atoms with van der Waals surface area (Å²) in [6, 6.07) is 5.98. The van der Waals surface area contributed by atoms with Gasteiger partial charge in [0.25, 0.3) is 0 Å². The molecule has 1 aliphatic heterocycles. The van der Waals surface area contributed by atoms with Crippen molar-refractivity contribution in [2.45, 2.75) is 33.6 Å². The highest BCUT2D eigenvalue weighted by Crippen LogP contribution is 2.32. The van der Waals surface area contributed by atoms with E-state index in [0.717, 1.165) is 24.5 Å². The molecule has 1 N–H and O–H groups in total. The topological polar surface area (TPSA) is 41.6 Å². The van der Waals surface area contributed by atoms with Crippen LogP contribution in [0.3, 0.4) is 0 Å². The van der Waals surface area contributed by atoms with Crippen LogP contribution in [0.25, 0.3) is 0 Å². The van der Waals surface area contributed by atoms with Gasteiger partial charge in [0.15, 0.2) is 0 Å². The van der Waals surface area contributed by atoms with Gasteiger partial charge < -0.3 is 15.0 Å². The zero-order valence-electron chi connectivity index (χ0n) is 12.8. The fourth-order valence-electron chi connectivity index (χ4n) is 2.28. The Hall–Kier alpha value is -1.71. The van der Waals surface area contributed by atoms with Gasteiger partial charge in [0, 0.05) is 24.2 Å². The van der Waals surface area contributed by atoms with E-state index in [1.54, 1.807) is 7.11 Å². The van der Waals surface area contributed by atoms with Crippen molar-refractivity contribution in [3.8, 4) is 5.75 Å². The number of amides is 1. The summed E-state index contributed by atoms with van der Waals surface area (Å²) in [5.41, 5.74) is 1.47. The Balaban J connectivity index is 2.24. The van der Waals surface area contributed by atoms with Crippen LogP contribution in [0.2, 0.25) is 0 Å². The van der Waals surface area contributed by atoms with Crippen molar-refractivity contribution in [1.82, 2.24) is 0 Å². The van der Waals surface area contributed by atoms with E-state index >= 15 is 0 Å². The molecular weight excluding hydrogens is 252 g/mol. The standard InChI is InChI=1S/C16H24N2O2/c1-16(2,3)15(19)17-13-11-12(7-8-14(13)20-4)18-9-5-6-10-18/h7-8,11H,5-6,9-10H2,1-4H3,(H,17,19). The summed E-state index contributed by atoms with van der Waals surface area (Å²) < 4.78 is 5.34. The van der Waals surface area contributed by atoms with Crippen molar-refractivity contribution >= 4 is 17.3 Å². The van der Waals surface area contributed by atoms with Crippen LogP contribution < -0.4 is 15.0 Å². The second-order valence-electron chi connectivity index (χ2n) is 6.28. The molecule has 2 rings (SSSR count). The largest absolute Gasteiger partial charge is 0.495 e. The van der Waals surface area contributed by atoms with Crippen LogP contribution in [0.4, 0.5) is 11.4 Å². The first-order valence-corrected chi connectivity index (χ1v) is 7.16. The number of methoxy groups -OCH3 is 1. The lowest BCUT2D eigenvalue weighted by atomic mass is 9.95. The SMILES string of the molecule is COc1ccc(N2CCCC2)cc1NC(=O)C(C)(C)C. The van der Waals surface area contributed by atoms with Crippen molar-refractivity contribution in [3.05, 3.63) is 18.2 Å². The molecule has 0 radical (unpaired) electrons. The molecule has 1 aromatic rings. The maximum Gasteiger partial charge on any atom is 0.229 e. The third kappa shape index (κ3) is 3.24. The first-order valence-electron chi connectivity index (χ1n) is 7.16. The summed E-state index contributed by atoms with van der Waals surface area (Å²) in [7, 11) is 1.62. The van der Waals surface area contributed by atoms with Crippen LogP contribution in [0, 0.1) is 5.41 Å². The zero-order valence-corrected chi connectivity index (χ0v) is 12.8. The minimum absolute atomic E-state index is 0.00521. The molecule has 1 heterocycles. The lowest BCUT2D eigenvalue weighted by molar-refractivity contribution is -0.123. The molecule has 110 valence electrons. The van der Waals surface area contributed by atoms with Crippen LogP contribution in [-0.4, -0.2) is 26.1 Å². The number of benzene rings is 1. The van der Waals surface area contributed by atoms with Crippen molar-refractivity contribution < 1.29 is 9.53 Å². The highest BCUT2D eigenvalue weighted by molar-refractivity contribution is 5.96. The summed E-state index contributed by atoms with van der Waals surface area (Å²) in [5.74, 6) is 0.694. The number of nitrogens with one attached hydrogen (secondary N) is 1. The monoisotopic (exact) mass is 276 g/mol. The number of hydrogen-bond donors (Lipinski definition) is 1. The van der Waals surface area contributed by atoms with Crippen molar-refractivity contribution in [3.63, 3.8) is 0 Å². The van der Waals surface area contributed by atoms with Gasteiger partial charge in [-0.2, -0.15) is 0 Å². The number of ether oxygens (including phenoxy) is 1. The predicted molar refractivity (Wildman–Crippen MR) is 82.5 cm³/mol. The summed E-state index contributed by atoms with van der Waals surface area (Å²) >= 11 is 0. The number of anilines is 2. The molecule has 0 unspecified atom stereocenters. The molecule has 1 amide bonds. The average molecular weight is 276 g/mol. The van der Waals surface area contributed by atoms with Crippen LogP contribution in [0.15, 0.2) is 18.2 Å². The molecule has 0 aromatic heterocycles. The Bertz CT molecular complexity index is 486. The molecule has 0 aliphatic carbocycles. The summed E-state index contributed by atoms with van der Waals surface area (Å²) in [5, 5.41) is 2.97. The van der Waals surface area contributed by atoms with Crippen LogP contribution in [-0.2, 0) is 4.79 Å². The fraction of sp³-hybridized carbons (Fsp3) is 0.562. The van der Waals surface area contributed by atoms with Crippen molar-refractivity contribution in [2.24, 2.45) is 5.41 Å². The lowest BCUT2D eigenvalue weighted by Crippen LogP contribution is -2.28. The summed E-state index contributed by atoms with van der Waals surface area (Å²) in [4.78, 5) is 14.5. The number of carbonyl (C=O) groups excluding carboxylic acids is 1.